The average Bonchev–Trinajstić information content (AvgIpc) is 2.97. The van der Waals surface area contributed by atoms with Gasteiger partial charge in [0.05, 0.1) is 5.75 Å². The summed E-state index contributed by atoms with van der Waals surface area (Å²) in [6, 6.07) is 29.0. The molecule has 0 aliphatic carbocycles. The van der Waals surface area contributed by atoms with Crippen LogP contribution in [-0.2, 0) is 4.79 Å². The first-order valence-corrected chi connectivity index (χ1v) is 13.8. The van der Waals surface area contributed by atoms with Crippen LogP contribution in [0.3, 0.4) is 0 Å². The minimum absolute atomic E-state index is 0.0932. The van der Waals surface area contributed by atoms with Gasteiger partial charge in [0.2, 0.25) is 0 Å². The second-order valence-electron chi connectivity index (χ2n) is 9.40. The van der Waals surface area contributed by atoms with Crippen molar-refractivity contribution in [3.63, 3.8) is 0 Å². The predicted molar refractivity (Wildman–Crippen MR) is 159 cm³/mol. The van der Waals surface area contributed by atoms with E-state index in [1.165, 1.54) is 41.6 Å². The van der Waals surface area contributed by atoms with Crippen molar-refractivity contribution >= 4 is 41.1 Å². The summed E-state index contributed by atoms with van der Waals surface area (Å²) in [5, 5.41) is 5.60. The molecule has 0 unspecified atom stereocenters. The minimum Gasteiger partial charge on any atom is -0.321 e. The number of Topliss-reactive ketones (excluding diaryl/α,β-unsaturated/α-hetero) is 1. The maximum absolute atomic E-state index is 13.4. The van der Waals surface area contributed by atoms with E-state index in [1.807, 2.05) is 36.4 Å². The molecule has 0 aromatic heterocycles. The maximum Gasteiger partial charge on any atom is 0.272 e. The molecular formula is C33H29FN2O3S. The van der Waals surface area contributed by atoms with Crippen LogP contribution in [0.4, 0.5) is 10.1 Å². The molecule has 0 heterocycles. The topological polar surface area (TPSA) is 75.3 Å². The molecule has 2 N–H and O–H groups in total. The average molecular weight is 553 g/mol. The number of ketones is 1. The first kappa shape index (κ1) is 28.5. The third kappa shape index (κ3) is 8.01. The first-order chi connectivity index (χ1) is 19.3. The molecule has 4 rings (SSSR count). The number of hydrogen-bond acceptors (Lipinski definition) is 4. The second-order valence-corrected chi connectivity index (χ2v) is 10.4. The van der Waals surface area contributed by atoms with Crippen molar-refractivity contribution in [1.29, 1.82) is 0 Å². The van der Waals surface area contributed by atoms with Crippen LogP contribution < -0.4 is 10.6 Å². The summed E-state index contributed by atoms with van der Waals surface area (Å²) in [5.74, 6) is -0.875. The van der Waals surface area contributed by atoms with Gasteiger partial charge in [-0.15, -0.1) is 11.8 Å². The van der Waals surface area contributed by atoms with E-state index in [4.69, 9.17) is 0 Å². The third-order valence-electron chi connectivity index (χ3n) is 6.07. The van der Waals surface area contributed by atoms with Gasteiger partial charge in [-0.05, 0) is 77.7 Å². The maximum atomic E-state index is 13.4. The Kier molecular flexibility index (Phi) is 9.65. The van der Waals surface area contributed by atoms with E-state index in [9.17, 15) is 18.8 Å². The lowest BCUT2D eigenvalue weighted by Crippen LogP contribution is -2.30. The summed E-state index contributed by atoms with van der Waals surface area (Å²) in [7, 11) is 0. The Morgan fingerprint density at radius 3 is 2.20 bits per heavy atom. The Hall–Kier alpha value is -4.49. The number of halogens is 1. The van der Waals surface area contributed by atoms with E-state index in [-0.39, 0.29) is 17.2 Å². The van der Waals surface area contributed by atoms with Gasteiger partial charge in [-0.2, -0.15) is 0 Å². The standard InChI is InChI=1S/C33H29FN2O3S/c1-22(2)24-13-11-23(12-14-24)19-30(36-32(38)26-7-4-3-5-8-26)33(39)35-28-9-6-10-29(20-28)40-21-31(37)25-15-17-27(34)18-16-25/h3-20,22H,21H2,1-2H3,(H,35,39)(H,36,38)/b30-19-. The molecule has 40 heavy (non-hydrogen) atoms. The van der Waals surface area contributed by atoms with Crippen LogP contribution in [0.2, 0.25) is 0 Å². The van der Waals surface area contributed by atoms with Crippen molar-refractivity contribution in [2.24, 2.45) is 0 Å². The highest BCUT2D eigenvalue weighted by molar-refractivity contribution is 8.00. The molecule has 0 saturated carbocycles. The number of carbonyl (C=O) groups is 3. The van der Waals surface area contributed by atoms with E-state index in [0.717, 1.165) is 10.5 Å². The second kappa shape index (κ2) is 13.5. The van der Waals surface area contributed by atoms with Crippen LogP contribution in [0.5, 0.6) is 0 Å². The van der Waals surface area contributed by atoms with Crippen molar-refractivity contribution in [3.8, 4) is 0 Å². The lowest BCUT2D eigenvalue weighted by atomic mass is 10.0. The largest absolute Gasteiger partial charge is 0.321 e. The Labute approximate surface area is 237 Å². The molecule has 0 saturated heterocycles. The third-order valence-corrected chi connectivity index (χ3v) is 7.06. The monoisotopic (exact) mass is 552 g/mol. The van der Waals surface area contributed by atoms with Gasteiger partial charge in [-0.25, -0.2) is 4.39 Å². The summed E-state index contributed by atoms with van der Waals surface area (Å²) in [6.45, 7) is 4.21. The SMILES string of the molecule is CC(C)c1ccc(/C=C(\NC(=O)c2ccccc2)C(=O)Nc2cccc(SCC(=O)c3ccc(F)cc3)c2)cc1. The molecule has 0 bridgehead atoms. The molecule has 0 atom stereocenters. The van der Waals surface area contributed by atoms with Crippen LogP contribution >= 0.6 is 11.8 Å². The molecule has 4 aromatic carbocycles. The Morgan fingerprint density at radius 1 is 0.825 bits per heavy atom. The van der Waals surface area contributed by atoms with Gasteiger partial charge >= 0.3 is 0 Å². The van der Waals surface area contributed by atoms with Crippen LogP contribution in [-0.4, -0.2) is 23.4 Å². The molecule has 7 heteroatoms. The molecule has 5 nitrogen and oxygen atoms in total. The molecule has 0 fully saturated rings. The van der Waals surface area contributed by atoms with Gasteiger partial charge in [0, 0.05) is 21.7 Å². The molecule has 0 spiro atoms. The number of benzene rings is 4. The van der Waals surface area contributed by atoms with Crippen molar-refractivity contribution in [1.82, 2.24) is 5.32 Å². The smallest absolute Gasteiger partial charge is 0.272 e. The van der Waals surface area contributed by atoms with Crippen molar-refractivity contribution in [3.05, 3.63) is 137 Å². The zero-order valence-corrected chi connectivity index (χ0v) is 23.0. The Balaban J connectivity index is 1.50. The Bertz CT molecular complexity index is 1520. The van der Waals surface area contributed by atoms with Crippen molar-refractivity contribution in [2.45, 2.75) is 24.7 Å². The highest BCUT2D eigenvalue weighted by Gasteiger charge is 2.16. The highest BCUT2D eigenvalue weighted by atomic mass is 32.2. The first-order valence-electron chi connectivity index (χ1n) is 12.8. The fraction of sp³-hybridized carbons (Fsp3) is 0.121. The summed E-state index contributed by atoms with van der Waals surface area (Å²) < 4.78 is 13.2. The molecule has 202 valence electrons. The van der Waals surface area contributed by atoms with Crippen LogP contribution in [0.15, 0.2) is 114 Å². The number of carbonyl (C=O) groups excluding carboxylic acids is 3. The number of anilines is 1. The Morgan fingerprint density at radius 2 is 1.52 bits per heavy atom. The molecule has 4 aromatic rings. The van der Waals surface area contributed by atoms with Crippen molar-refractivity contribution < 1.29 is 18.8 Å². The quantitative estimate of drug-likeness (QED) is 0.123. The van der Waals surface area contributed by atoms with Gasteiger partial charge in [0.15, 0.2) is 5.78 Å². The molecule has 2 amide bonds. The summed E-state index contributed by atoms with van der Waals surface area (Å²) in [6.07, 6.45) is 1.64. The lowest BCUT2D eigenvalue weighted by molar-refractivity contribution is -0.113. The van der Waals surface area contributed by atoms with Crippen LogP contribution in [0.1, 0.15) is 51.6 Å². The number of thioether (sulfide) groups is 1. The summed E-state index contributed by atoms with van der Waals surface area (Å²) in [5.41, 5.74) is 3.41. The molecule has 0 radical (unpaired) electrons. The van der Waals surface area contributed by atoms with Gasteiger partial charge in [-0.1, -0.05) is 62.4 Å². The summed E-state index contributed by atoms with van der Waals surface area (Å²) in [4.78, 5) is 39.5. The zero-order chi connectivity index (χ0) is 28.5. The lowest BCUT2D eigenvalue weighted by Gasteiger charge is -2.12. The number of hydrogen-bond donors (Lipinski definition) is 2. The highest BCUT2D eigenvalue weighted by Crippen LogP contribution is 2.23. The van der Waals surface area contributed by atoms with E-state index < -0.39 is 17.6 Å². The van der Waals surface area contributed by atoms with E-state index in [0.29, 0.717) is 22.7 Å². The van der Waals surface area contributed by atoms with Crippen LogP contribution in [0.25, 0.3) is 6.08 Å². The van der Waals surface area contributed by atoms with E-state index >= 15 is 0 Å². The number of amides is 2. The summed E-state index contributed by atoms with van der Waals surface area (Å²) >= 11 is 1.31. The van der Waals surface area contributed by atoms with Gasteiger partial charge in [-0.3, -0.25) is 14.4 Å². The zero-order valence-electron chi connectivity index (χ0n) is 22.2. The van der Waals surface area contributed by atoms with Gasteiger partial charge in [0.25, 0.3) is 11.8 Å². The van der Waals surface area contributed by atoms with Crippen molar-refractivity contribution in [2.75, 3.05) is 11.1 Å². The number of nitrogens with one attached hydrogen (secondary N) is 2. The van der Waals surface area contributed by atoms with Gasteiger partial charge < -0.3 is 10.6 Å². The molecule has 0 aliphatic heterocycles. The fourth-order valence-corrected chi connectivity index (χ4v) is 4.67. The van der Waals surface area contributed by atoms with Gasteiger partial charge in [0.1, 0.15) is 11.5 Å². The fourth-order valence-electron chi connectivity index (χ4n) is 3.82. The molecule has 0 aliphatic rings. The normalized spacial score (nSPS) is 11.2. The molecular weight excluding hydrogens is 523 g/mol. The number of rotatable bonds is 10. The van der Waals surface area contributed by atoms with E-state index in [1.54, 1.807) is 48.5 Å². The predicted octanol–water partition coefficient (Wildman–Crippen LogP) is 7.33. The van der Waals surface area contributed by atoms with E-state index in [2.05, 4.69) is 24.5 Å². The van der Waals surface area contributed by atoms with Crippen LogP contribution in [0, 0.1) is 5.82 Å². The minimum atomic E-state index is -0.484.